The first-order valence-electron chi connectivity index (χ1n) is 6.96. The molecule has 1 rings (SSSR count). The normalized spacial score (nSPS) is 14.6. The minimum atomic E-state index is -0.407. The lowest BCUT2D eigenvalue weighted by molar-refractivity contribution is 0.114. The van der Waals surface area contributed by atoms with Crippen LogP contribution in [0.2, 0.25) is 0 Å². The van der Waals surface area contributed by atoms with Crippen molar-refractivity contribution < 1.29 is 9.50 Å². The molecule has 2 N–H and O–H groups in total. The van der Waals surface area contributed by atoms with Gasteiger partial charge in [0.05, 0.1) is 6.10 Å². The number of halogens is 1. The van der Waals surface area contributed by atoms with Gasteiger partial charge in [0, 0.05) is 19.1 Å². The molecule has 2 atom stereocenters. The molecular weight excluding hydrogens is 243 g/mol. The van der Waals surface area contributed by atoms with Gasteiger partial charge >= 0.3 is 0 Å². The molecule has 0 aromatic heterocycles. The summed E-state index contributed by atoms with van der Waals surface area (Å²) in [6.07, 6.45) is -0.407. The molecule has 0 bridgehead atoms. The number of likely N-dealkylation sites (N-methyl/N-ethyl adjacent to an activating group) is 1. The predicted molar refractivity (Wildman–Crippen MR) is 76.6 cm³/mol. The van der Waals surface area contributed by atoms with Gasteiger partial charge in [-0.15, -0.1) is 0 Å². The van der Waals surface area contributed by atoms with Crippen molar-refractivity contribution >= 4 is 0 Å². The molecule has 2 unspecified atom stereocenters. The third kappa shape index (κ3) is 5.68. The Morgan fingerprint density at radius 2 is 2.00 bits per heavy atom. The van der Waals surface area contributed by atoms with E-state index in [2.05, 4.69) is 24.1 Å². The molecule has 0 amide bonds. The van der Waals surface area contributed by atoms with E-state index in [0.29, 0.717) is 13.1 Å². The maximum atomic E-state index is 13.1. The molecule has 108 valence electrons. The molecule has 0 heterocycles. The van der Waals surface area contributed by atoms with E-state index in [0.717, 1.165) is 18.7 Å². The van der Waals surface area contributed by atoms with Crippen LogP contribution in [0, 0.1) is 5.82 Å². The zero-order valence-electron chi connectivity index (χ0n) is 12.1. The van der Waals surface area contributed by atoms with Crippen molar-refractivity contribution in [3.8, 4) is 0 Å². The van der Waals surface area contributed by atoms with Crippen LogP contribution in [0.25, 0.3) is 0 Å². The Balaban J connectivity index is 2.39. The Bertz CT molecular complexity index is 369. The van der Waals surface area contributed by atoms with Crippen molar-refractivity contribution in [1.29, 1.82) is 0 Å². The molecule has 0 fully saturated rings. The monoisotopic (exact) mass is 268 g/mol. The maximum Gasteiger partial charge on any atom is 0.123 e. The second-order valence-electron chi connectivity index (χ2n) is 4.82. The fourth-order valence-electron chi connectivity index (χ4n) is 2.05. The Kier molecular flexibility index (Phi) is 6.99. The number of benzene rings is 1. The lowest BCUT2D eigenvalue weighted by Crippen LogP contribution is -2.38. The molecule has 0 radical (unpaired) electrons. The summed E-state index contributed by atoms with van der Waals surface area (Å²) in [6.45, 7) is 9.18. The van der Waals surface area contributed by atoms with E-state index >= 15 is 0 Å². The number of hydrogen-bond donors (Lipinski definition) is 2. The number of nitrogens with one attached hydrogen (secondary N) is 1. The second-order valence-corrected chi connectivity index (χ2v) is 4.82. The molecule has 0 saturated carbocycles. The molecule has 1 aromatic rings. The SMILES string of the molecule is CCN(CC)CC(O)CNC(C)c1cccc(F)c1. The minimum Gasteiger partial charge on any atom is -0.390 e. The Morgan fingerprint density at radius 3 is 2.58 bits per heavy atom. The summed E-state index contributed by atoms with van der Waals surface area (Å²) in [6, 6.07) is 6.58. The maximum absolute atomic E-state index is 13.1. The number of nitrogens with zero attached hydrogens (tertiary/aromatic N) is 1. The number of aliphatic hydroxyl groups excluding tert-OH is 1. The van der Waals surface area contributed by atoms with Crippen LogP contribution < -0.4 is 5.32 Å². The van der Waals surface area contributed by atoms with E-state index in [9.17, 15) is 9.50 Å². The van der Waals surface area contributed by atoms with Gasteiger partial charge in [0.25, 0.3) is 0 Å². The summed E-state index contributed by atoms with van der Waals surface area (Å²) in [5.74, 6) is -0.227. The Morgan fingerprint density at radius 1 is 1.32 bits per heavy atom. The topological polar surface area (TPSA) is 35.5 Å². The summed E-state index contributed by atoms with van der Waals surface area (Å²) in [4.78, 5) is 2.18. The summed E-state index contributed by atoms with van der Waals surface area (Å²) >= 11 is 0. The summed E-state index contributed by atoms with van der Waals surface area (Å²) < 4.78 is 13.1. The van der Waals surface area contributed by atoms with Crippen LogP contribution in [0.1, 0.15) is 32.4 Å². The molecule has 1 aromatic carbocycles. The molecule has 19 heavy (non-hydrogen) atoms. The van der Waals surface area contributed by atoms with Gasteiger partial charge in [-0.25, -0.2) is 4.39 Å². The average Bonchev–Trinajstić information content (AvgIpc) is 2.42. The van der Waals surface area contributed by atoms with Crippen LogP contribution in [0.3, 0.4) is 0 Å². The van der Waals surface area contributed by atoms with Gasteiger partial charge in [-0.05, 0) is 37.7 Å². The van der Waals surface area contributed by atoms with E-state index in [1.54, 1.807) is 6.07 Å². The van der Waals surface area contributed by atoms with Crippen LogP contribution >= 0.6 is 0 Å². The highest BCUT2D eigenvalue weighted by Gasteiger charge is 2.11. The van der Waals surface area contributed by atoms with Crippen LogP contribution in [-0.2, 0) is 0 Å². The molecular formula is C15H25FN2O. The lowest BCUT2D eigenvalue weighted by atomic mass is 10.1. The summed E-state index contributed by atoms with van der Waals surface area (Å²) in [5, 5.41) is 13.2. The fourth-order valence-corrected chi connectivity index (χ4v) is 2.05. The molecule has 0 saturated heterocycles. The van der Waals surface area contributed by atoms with Gasteiger partial charge in [0.15, 0.2) is 0 Å². The van der Waals surface area contributed by atoms with Gasteiger partial charge in [-0.2, -0.15) is 0 Å². The van der Waals surface area contributed by atoms with Crippen LogP contribution in [0.15, 0.2) is 24.3 Å². The van der Waals surface area contributed by atoms with Crippen LogP contribution in [0.4, 0.5) is 4.39 Å². The van der Waals surface area contributed by atoms with E-state index in [4.69, 9.17) is 0 Å². The molecule has 3 nitrogen and oxygen atoms in total. The van der Waals surface area contributed by atoms with Crippen molar-refractivity contribution in [3.63, 3.8) is 0 Å². The van der Waals surface area contributed by atoms with Gasteiger partial charge in [-0.3, -0.25) is 0 Å². The number of rotatable bonds is 8. The first-order valence-corrected chi connectivity index (χ1v) is 6.96. The summed E-state index contributed by atoms with van der Waals surface area (Å²) in [5.41, 5.74) is 0.898. The quantitative estimate of drug-likeness (QED) is 0.758. The highest BCUT2D eigenvalue weighted by atomic mass is 19.1. The smallest absolute Gasteiger partial charge is 0.123 e. The van der Waals surface area contributed by atoms with Gasteiger partial charge in [0.1, 0.15) is 5.82 Å². The average molecular weight is 268 g/mol. The van der Waals surface area contributed by atoms with E-state index in [1.807, 2.05) is 13.0 Å². The zero-order chi connectivity index (χ0) is 14.3. The highest BCUT2D eigenvalue weighted by molar-refractivity contribution is 5.19. The summed E-state index contributed by atoms with van der Waals surface area (Å²) in [7, 11) is 0. The van der Waals surface area contributed by atoms with Crippen LogP contribution in [-0.4, -0.2) is 42.3 Å². The van der Waals surface area contributed by atoms with Crippen molar-refractivity contribution in [3.05, 3.63) is 35.6 Å². The molecule has 0 aliphatic carbocycles. The molecule has 0 aliphatic rings. The van der Waals surface area contributed by atoms with Crippen molar-refractivity contribution in [2.45, 2.75) is 32.9 Å². The largest absolute Gasteiger partial charge is 0.390 e. The third-order valence-corrected chi connectivity index (χ3v) is 3.37. The van der Waals surface area contributed by atoms with Gasteiger partial charge in [0.2, 0.25) is 0 Å². The van der Waals surface area contributed by atoms with E-state index in [1.165, 1.54) is 12.1 Å². The van der Waals surface area contributed by atoms with E-state index < -0.39 is 6.10 Å². The Hall–Kier alpha value is -0.970. The first kappa shape index (κ1) is 16.1. The zero-order valence-corrected chi connectivity index (χ0v) is 12.1. The van der Waals surface area contributed by atoms with Crippen molar-refractivity contribution in [2.75, 3.05) is 26.2 Å². The standard InChI is InChI=1S/C15H25FN2O/c1-4-18(5-2)11-15(19)10-17-12(3)13-7-6-8-14(16)9-13/h6-9,12,15,17,19H,4-5,10-11H2,1-3H3. The highest BCUT2D eigenvalue weighted by Crippen LogP contribution is 2.13. The number of aliphatic hydroxyl groups is 1. The van der Waals surface area contributed by atoms with Gasteiger partial charge in [-0.1, -0.05) is 26.0 Å². The number of hydrogen-bond acceptors (Lipinski definition) is 3. The Labute approximate surface area is 115 Å². The van der Waals surface area contributed by atoms with E-state index in [-0.39, 0.29) is 11.9 Å². The molecule has 4 heteroatoms. The first-order chi connectivity index (χ1) is 9.06. The van der Waals surface area contributed by atoms with Crippen molar-refractivity contribution in [2.24, 2.45) is 0 Å². The second kappa shape index (κ2) is 8.25. The van der Waals surface area contributed by atoms with Crippen molar-refractivity contribution in [1.82, 2.24) is 10.2 Å². The lowest BCUT2D eigenvalue weighted by Gasteiger charge is -2.23. The molecule has 0 aliphatic heterocycles. The fraction of sp³-hybridized carbons (Fsp3) is 0.600. The predicted octanol–water partition coefficient (Wildman–Crippen LogP) is 2.18. The molecule has 0 spiro atoms. The van der Waals surface area contributed by atoms with Crippen LogP contribution in [0.5, 0.6) is 0 Å². The minimum absolute atomic E-state index is 0.0297. The third-order valence-electron chi connectivity index (χ3n) is 3.37. The van der Waals surface area contributed by atoms with Gasteiger partial charge < -0.3 is 15.3 Å².